The summed E-state index contributed by atoms with van der Waals surface area (Å²) in [6.07, 6.45) is 1.26. The number of allylic oxidation sites excluding steroid dienone is 1. The van der Waals surface area contributed by atoms with E-state index in [-0.39, 0.29) is 21.5 Å². The van der Waals surface area contributed by atoms with Gasteiger partial charge in [0.05, 0.1) is 9.95 Å². The van der Waals surface area contributed by atoms with E-state index in [2.05, 4.69) is 0 Å². The third-order valence-corrected chi connectivity index (χ3v) is 2.96. The van der Waals surface area contributed by atoms with Crippen LogP contribution in [-0.2, 0) is 4.79 Å². The van der Waals surface area contributed by atoms with Crippen molar-refractivity contribution in [3.63, 3.8) is 0 Å². The Bertz CT molecular complexity index is 556. The maximum atomic E-state index is 10.5. The molecule has 0 saturated carbocycles. The van der Waals surface area contributed by atoms with Crippen molar-refractivity contribution in [1.82, 2.24) is 0 Å². The minimum atomic E-state index is -1.15. The predicted octanol–water partition coefficient (Wildman–Crippen LogP) is 3.09. The van der Waals surface area contributed by atoms with Crippen molar-refractivity contribution >= 4 is 35.2 Å². The number of carbonyl (C=O) groups is 1. The fraction of sp³-hybridized carbons (Fsp3) is 0.182. The summed E-state index contributed by atoms with van der Waals surface area (Å²) in [7, 11) is 0. The number of aliphatic carboxylic acids is 1. The van der Waals surface area contributed by atoms with Crippen LogP contribution in [0.4, 0.5) is 0 Å². The molecule has 0 unspecified atom stereocenters. The first-order valence-electron chi connectivity index (χ1n) is 4.98. The van der Waals surface area contributed by atoms with Crippen molar-refractivity contribution in [2.75, 3.05) is 6.61 Å². The molecule has 102 valence electrons. The Morgan fingerprint density at radius 2 is 2.11 bits per heavy atom. The Morgan fingerprint density at radius 1 is 1.47 bits per heavy atom. The molecule has 0 aliphatic carbocycles. The molecule has 1 aromatic carbocycles. The van der Waals surface area contributed by atoms with Gasteiger partial charge >= 0.3 is 5.97 Å². The van der Waals surface area contributed by atoms with Crippen LogP contribution in [0.2, 0.25) is 10.0 Å². The van der Waals surface area contributed by atoms with E-state index < -0.39 is 17.5 Å². The van der Waals surface area contributed by atoms with Gasteiger partial charge < -0.3 is 9.84 Å². The summed E-state index contributed by atoms with van der Waals surface area (Å²) in [6, 6.07) is 2.86. The lowest BCUT2D eigenvalue weighted by Crippen LogP contribution is -2.09. The van der Waals surface area contributed by atoms with Gasteiger partial charge in [-0.05, 0) is 12.1 Å². The molecule has 8 heteroatoms. The number of benzene rings is 1. The van der Waals surface area contributed by atoms with Crippen molar-refractivity contribution in [3.05, 3.63) is 43.6 Å². The van der Waals surface area contributed by atoms with Gasteiger partial charge in [-0.3, -0.25) is 10.1 Å². The SMILES string of the molecule is C/C(=C/c1ccc(OCC(=O)O)c(Cl)c1Cl)[N+](=O)[O-]. The van der Waals surface area contributed by atoms with E-state index in [1.807, 2.05) is 0 Å². The number of rotatable bonds is 5. The first-order valence-corrected chi connectivity index (χ1v) is 5.73. The van der Waals surface area contributed by atoms with Gasteiger partial charge in [0.2, 0.25) is 5.70 Å². The third kappa shape index (κ3) is 4.11. The first-order chi connectivity index (χ1) is 8.82. The first kappa shape index (κ1) is 15.3. The van der Waals surface area contributed by atoms with Crippen LogP contribution in [0, 0.1) is 10.1 Å². The summed E-state index contributed by atoms with van der Waals surface area (Å²) in [6.45, 7) is 0.762. The summed E-state index contributed by atoms with van der Waals surface area (Å²) in [5.74, 6) is -1.05. The highest BCUT2D eigenvalue weighted by Gasteiger charge is 2.13. The molecule has 0 heterocycles. The van der Waals surface area contributed by atoms with Crippen LogP contribution in [0.1, 0.15) is 12.5 Å². The molecular formula is C11H9Cl2NO5. The largest absolute Gasteiger partial charge is 0.480 e. The highest BCUT2D eigenvalue weighted by molar-refractivity contribution is 6.43. The van der Waals surface area contributed by atoms with Crippen LogP contribution in [0.15, 0.2) is 17.8 Å². The van der Waals surface area contributed by atoms with Gasteiger partial charge in [-0.25, -0.2) is 4.79 Å². The zero-order valence-electron chi connectivity index (χ0n) is 9.72. The van der Waals surface area contributed by atoms with Crippen LogP contribution in [0.25, 0.3) is 6.08 Å². The van der Waals surface area contributed by atoms with Crippen molar-refractivity contribution in [1.29, 1.82) is 0 Å². The highest BCUT2D eigenvalue weighted by atomic mass is 35.5. The molecule has 0 fully saturated rings. The van der Waals surface area contributed by atoms with Gasteiger partial charge in [0.1, 0.15) is 10.8 Å². The minimum Gasteiger partial charge on any atom is -0.480 e. The fourth-order valence-electron chi connectivity index (χ4n) is 1.19. The van der Waals surface area contributed by atoms with Gasteiger partial charge in [-0.15, -0.1) is 0 Å². The average Bonchev–Trinajstić information content (AvgIpc) is 2.33. The molecule has 0 aromatic heterocycles. The van der Waals surface area contributed by atoms with Crippen molar-refractivity contribution in [3.8, 4) is 5.75 Å². The predicted molar refractivity (Wildman–Crippen MR) is 70.2 cm³/mol. The van der Waals surface area contributed by atoms with Gasteiger partial charge in [0.15, 0.2) is 6.61 Å². The molecule has 19 heavy (non-hydrogen) atoms. The maximum Gasteiger partial charge on any atom is 0.341 e. The number of carboxylic acids is 1. The lowest BCUT2D eigenvalue weighted by molar-refractivity contribution is -0.422. The maximum absolute atomic E-state index is 10.5. The quantitative estimate of drug-likeness (QED) is 0.667. The molecule has 0 spiro atoms. The summed E-state index contributed by atoms with van der Waals surface area (Å²) in [4.78, 5) is 20.3. The van der Waals surface area contributed by atoms with Crippen LogP contribution < -0.4 is 4.74 Å². The lowest BCUT2D eigenvalue weighted by Gasteiger charge is -2.08. The molecule has 0 atom stereocenters. The molecule has 0 aliphatic rings. The molecule has 1 aromatic rings. The zero-order chi connectivity index (χ0) is 14.6. The van der Waals surface area contributed by atoms with Crippen molar-refractivity contribution in [2.24, 2.45) is 0 Å². The molecule has 0 aliphatic heterocycles. The van der Waals surface area contributed by atoms with E-state index in [4.69, 9.17) is 33.0 Å². The summed E-state index contributed by atoms with van der Waals surface area (Å²) < 4.78 is 4.92. The highest BCUT2D eigenvalue weighted by Crippen LogP contribution is 2.35. The number of halogens is 2. The zero-order valence-corrected chi connectivity index (χ0v) is 11.2. The van der Waals surface area contributed by atoms with E-state index in [9.17, 15) is 14.9 Å². The average molecular weight is 306 g/mol. The second-order valence-corrected chi connectivity index (χ2v) is 4.26. The van der Waals surface area contributed by atoms with Gasteiger partial charge in [-0.1, -0.05) is 23.2 Å². The minimum absolute atomic E-state index is 0.00724. The van der Waals surface area contributed by atoms with Crippen LogP contribution in [0.5, 0.6) is 5.75 Å². The van der Waals surface area contributed by atoms with Gasteiger partial charge in [-0.2, -0.15) is 0 Å². The Hall–Kier alpha value is -1.79. The van der Waals surface area contributed by atoms with E-state index in [0.29, 0.717) is 5.56 Å². The standard InChI is InChI=1S/C11H9Cl2NO5/c1-6(14(17)18)4-7-2-3-8(11(13)10(7)12)19-5-9(15)16/h2-4H,5H2,1H3,(H,15,16)/b6-4-. The van der Waals surface area contributed by atoms with Gasteiger partial charge in [0, 0.05) is 18.6 Å². The molecule has 1 N–H and O–H groups in total. The summed E-state index contributed by atoms with van der Waals surface area (Å²) in [5.41, 5.74) is 0.251. The number of hydrogen-bond donors (Lipinski definition) is 1. The Balaban J connectivity index is 3.07. The molecule has 0 saturated heterocycles. The topological polar surface area (TPSA) is 89.7 Å². The van der Waals surface area contributed by atoms with Crippen molar-refractivity contribution < 1.29 is 19.6 Å². The number of nitro groups is 1. The van der Waals surface area contributed by atoms with Crippen LogP contribution in [0.3, 0.4) is 0 Å². The van der Waals surface area contributed by atoms with E-state index >= 15 is 0 Å². The monoisotopic (exact) mass is 305 g/mol. The smallest absolute Gasteiger partial charge is 0.341 e. The van der Waals surface area contributed by atoms with Crippen molar-refractivity contribution in [2.45, 2.75) is 6.92 Å². The molecule has 0 amide bonds. The number of ether oxygens (including phenoxy) is 1. The molecule has 6 nitrogen and oxygen atoms in total. The lowest BCUT2D eigenvalue weighted by atomic mass is 10.2. The van der Waals surface area contributed by atoms with Gasteiger partial charge in [0.25, 0.3) is 0 Å². The summed E-state index contributed by atoms with van der Waals surface area (Å²) in [5, 5.41) is 19.1. The molecule has 0 radical (unpaired) electrons. The second kappa shape index (κ2) is 6.40. The van der Waals surface area contributed by atoms with Crippen LogP contribution in [-0.4, -0.2) is 22.6 Å². The molecule has 0 bridgehead atoms. The number of carboxylic acid groups (broad SMARTS) is 1. The Kier molecular flexibility index (Phi) is 5.14. The van der Waals surface area contributed by atoms with E-state index in [1.54, 1.807) is 0 Å². The van der Waals surface area contributed by atoms with Crippen LogP contribution >= 0.6 is 23.2 Å². The van der Waals surface area contributed by atoms with E-state index in [1.165, 1.54) is 25.1 Å². The number of nitrogens with zero attached hydrogens (tertiary/aromatic N) is 1. The normalized spacial score (nSPS) is 11.2. The fourth-order valence-corrected chi connectivity index (χ4v) is 1.62. The summed E-state index contributed by atoms with van der Waals surface area (Å²) >= 11 is 11.8. The number of hydrogen-bond acceptors (Lipinski definition) is 4. The molecule has 1 rings (SSSR count). The Labute approximate surface area is 118 Å². The van der Waals surface area contributed by atoms with E-state index in [0.717, 1.165) is 0 Å². The Morgan fingerprint density at radius 3 is 2.63 bits per heavy atom. The third-order valence-electron chi connectivity index (χ3n) is 2.08. The molecular weight excluding hydrogens is 297 g/mol. The second-order valence-electron chi connectivity index (χ2n) is 3.51.